The standard InChI is InChI=1S/C28H33N7O3/c1-37-27(36)20-7-4-6-19(14-20)25-15-29-28(38-25)33-24-10-3-2-9-23(24)32-21-8-5-13-34(16-21)22-11-12-26-30-18-31-35(26)17-22/h4,6-7,11-12,14-15,17-18,21,23-24,32H,2-3,5,8-10,13,16H2,1H3,(H,29,33)/t21-,23+,24+/m0/s1. The molecule has 1 aliphatic carbocycles. The molecule has 2 aliphatic rings. The molecule has 0 unspecified atom stereocenters. The smallest absolute Gasteiger partial charge is 0.337 e. The number of aromatic nitrogens is 4. The molecule has 2 fully saturated rings. The van der Waals surface area contributed by atoms with Crippen LogP contribution >= 0.6 is 0 Å². The van der Waals surface area contributed by atoms with Gasteiger partial charge in [0, 0.05) is 36.8 Å². The highest BCUT2D eigenvalue weighted by Crippen LogP contribution is 2.28. The molecular formula is C28H33N7O3. The summed E-state index contributed by atoms with van der Waals surface area (Å²) < 4.78 is 12.7. The maximum Gasteiger partial charge on any atom is 0.337 e. The number of methoxy groups -OCH3 is 1. The topological polar surface area (TPSA) is 110 Å². The Morgan fingerprint density at radius 2 is 1.97 bits per heavy atom. The Morgan fingerprint density at radius 1 is 1.08 bits per heavy atom. The number of benzene rings is 1. The van der Waals surface area contributed by atoms with Crippen LogP contribution in [0.4, 0.5) is 11.7 Å². The maximum absolute atomic E-state index is 11.9. The average Bonchev–Trinajstić information content (AvgIpc) is 3.63. The third-order valence-electron chi connectivity index (χ3n) is 7.64. The van der Waals surface area contributed by atoms with Crippen LogP contribution in [0.3, 0.4) is 0 Å². The summed E-state index contributed by atoms with van der Waals surface area (Å²) in [4.78, 5) is 23.1. The van der Waals surface area contributed by atoms with Crippen LogP contribution in [-0.2, 0) is 4.74 Å². The van der Waals surface area contributed by atoms with Gasteiger partial charge in [-0.15, -0.1) is 0 Å². The first-order valence-corrected chi connectivity index (χ1v) is 13.4. The average molecular weight is 516 g/mol. The summed E-state index contributed by atoms with van der Waals surface area (Å²) in [6, 6.07) is 12.8. The number of carbonyl (C=O) groups is 1. The molecule has 10 nitrogen and oxygen atoms in total. The summed E-state index contributed by atoms with van der Waals surface area (Å²) in [5.41, 5.74) is 3.31. The quantitative estimate of drug-likeness (QED) is 0.351. The van der Waals surface area contributed by atoms with Crippen LogP contribution in [0, 0.1) is 0 Å². The lowest BCUT2D eigenvalue weighted by Crippen LogP contribution is -2.54. The number of nitrogens with zero attached hydrogens (tertiary/aromatic N) is 5. The van der Waals surface area contributed by atoms with Crippen molar-refractivity contribution in [1.82, 2.24) is 24.9 Å². The highest BCUT2D eigenvalue weighted by atomic mass is 16.5. The lowest BCUT2D eigenvalue weighted by atomic mass is 9.89. The van der Waals surface area contributed by atoms with Crippen molar-refractivity contribution >= 4 is 23.3 Å². The van der Waals surface area contributed by atoms with E-state index in [4.69, 9.17) is 9.15 Å². The molecule has 0 spiro atoms. The van der Waals surface area contributed by atoms with Gasteiger partial charge in [-0.3, -0.25) is 0 Å². The van der Waals surface area contributed by atoms with E-state index in [1.807, 2.05) is 22.7 Å². The summed E-state index contributed by atoms with van der Waals surface area (Å²) in [6.07, 6.45) is 12.2. The van der Waals surface area contributed by atoms with Gasteiger partial charge in [-0.25, -0.2) is 19.3 Å². The number of piperidine rings is 1. The number of carbonyl (C=O) groups excluding carboxylic acids is 1. The number of hydrogen-bond donors (Lipinski definition) is 2. The van der Waals surface area contributed by atoms with Crippen molar-refractivity contribution in [3.63, 3.8) is 0 Å². The first-order chi connectivity index (χ1) is 18.7. The molecule has 1 saturated heterocycles. The second-order valence-electron chi connectivity index (χ2n) is 10.1. The van der Waals surface area contributed by atoms with Crippen molar-refractivity contribution in [3.8, 4) is 11.3 Å². The zero-order valence-corrected chi connectivity index (χ0v) is 21.5. The molecule has 6 rings (SSSR count). The molecule has 198 valence electrons. The van der Waals surface area contributed by atoms with Crippen molar-refractivity contribution in [3.05, 3.63) is 60.7 Å². The van der Waals surface area contributed by atoms with E-state index in [0.29, 0.717) is 29.4 Å². The summed E-state index contributed by atoms with van der Waals surface area (Å²) in [6.45, 7) is 2.00. The van der Waals surface area contributed by atoms with Gasteiger partial charge >= 0.3 is 5.97 Å². The number of nitrogens with one attached hydrogen (secondary N) is 2. The molecule has 38 heavy (non-hydrogen) atoms. The Kier molecular flexibility index (Phi) is 6.96. The Labute approximate surface area is 221 Å². The molecule has 1 aromatic carbocycles. The number of anilines is 2. The zero-order valence-electron chi connectivity index (χ0n) is 21.5. The minimum Gasteiger partial charge on any atom is -0.465 e. The summed E-state index contributed by atoms with van der Waals surface area (Å²) >= 11 is 0. The van der Waals surface area contributed by atoms with Crippen molar-refractivity contribution in [2.24, 2.45) is 0 Å². The van der Waals surface area contributed by atoms with Gasteiger partial charge in [0.15, 0.2) is 11.4 Å². The molecule has 2 N–H and O–H groups in total. The molecule has 1 saturated carbocycles. The normalized spacial score (nSPS) is 21.9. The van der Waals surface area contributed by atoms with Crippen LogP contribution in [0.2, 0.25) is 0 Å². The lowest BCUT2D eigenvalue weighted by Gasteiger charge is -2.40. The molecule has 10 heteroatoms. The van der Waals surface area contributed by atoms with Crippen LogP contribution in [0.5, 0.6) is 0 Å². The predicted octanol–water partition coefficient (Wildman–Crippen LogP) is 4.15. The van der Waals surface area contributed by atoms with E-state index in [-0.39, 0.29) is 12.0 Å². The highest BCUT2D eigenvalue weighted by Gasteiger charge is 2.30. The van der Waals surface area contributed by atoms with Gasteiger partial charge in [-0.2, -0.15) is 5.10 Å². The Hall–Kier alpha value is -3.92. The van der Waals surface area contributed by atoms with Gasteiger partial charge in [0.25, 0.3) is 6.01 Å². The van der Waals surface area contributed by atoms with Gasteiger partial charge in [0.2, 0.25) is 0 Å². The summed E-state index contributed by atoms with van der Waals surface area (Å²) in [5.74, 6) is 0.243. The molecule has 3 atom stereocenters. The van der Waals surface area contributed by atoms with E-state index in [0.717, 1.165) is 50.0 Å². The fourth-order valence-electron chi connectivity index (χ4n) is 5.70. The third kappa shape index (κ3) is 5.22. The number of esters is 1. The first kappa shape index (κ1) is 24.4. The largest absolute Gasteiger partial charge is 0.465 e. The fourth-order valence-corrected chi connectivity index (χ4v) is 5.70. The van der Waals surface area contributed by atoms with E-state index in [1.165, 1.54) is 25.6 Å². The van der Waals surface area contributed by atoms with Crippen LogP contribution in [0.15, 0.2) is 59.5 Å². The van der Waals surface area contributed by atoms with Crippen LogP contribution < -0.4 is 15.5 Å². The predicted molar refractivity (Wildman–Crippen MR) is 144 cm³/mol. The van der Waals surface area contributed by atoms with Gasteiger partial charge in [-0.05, 0) is 49.9 Å². The monoisotopic (exact) mass is 515 g/mol. The van der Waals surface area contributed by atoms with Crippen molar-refractivity contribution in [2.45, 2.75) is 56.7 Å². The lowest BCUT2D eigenvalue weighted by molar-refractivity contribution is 0.0601. The van der Waals surface area contributed by atoms with E-state index in [9.17, 15) is 4.79 Å². The number of hydrogen-bond acceptors (Lipinski definition) is 9. The molecule has 0 bridgehead atoms. The van der Waals surface area contributed by atoms with E-state index in [2.05, 4.69) is 42.9 Å². The Bertz CT molecular complexity index is 1400. The van der Waals surface area contributed by atoms with Crippen LogP contribution in [0.1, 0.15) is 48.9 Å². The van der Waals surface area contributed by atoms with Crippen molar-refractivity contribution in [2.75, 3.05) is 30.4 Å². The molecule has 0 amide bonds. The molecule has 0 radical (unpaired) electrons. The summed E-state index contributed by atoms with van der Waals surface area (Å²) in [7, 11) is 1.38. The van der Waals surface area contributed by atoms with E-state index < -0.39 is 0 Å². The fraction of sp³-hybridized carbons (Fsp3) is 0.429. The van der Waals surface area contributed by atoms with Gasteiger partial charge in [0.05, 0.1) is 30.8 Å². The van der Waals surface area contributed by atoms with E-state index >= 15 is 0 Å². The Balaban J connectivity index is 1.11. The molecule has 4 aromatic rings. The van der Waals surface area contributed by atoms with Crippen LogP contribution in [0.25, 0.3) is 17.0 Å². The number of ether oxygens (including phenoxy) is 1. The number of oxazole rings is 1. The zero-order chi connectivity index (χ0) is 25.9. The second kappa shape index (κ2) is 10.8. The minimum absolute atomic E-state index is 0.235. The highest BCUT2D eigenvalue weighted by molar-refractivity contribution is 5.90. The van der Waals surface area contributed by atoms with Gasteiger partial charge in [-0.1, -0.05) is 25.0 Å². The van der Waals surface area contributed by atoms with Gasteiger partial charge < -0.3 is 24.7 Å². The van der Waals surface area contributed by atoms with Gasteiger partial charge in [0.1, 0.15) is 6.33 Å². The first-order valence-electron chi connectivity index (χ1n) is 13.4. The van der Waals surface area contributed by atoms with Crippen molar-refractivity contribution in [1.29, 1.82) is 0 Å². The Morgan fingerprint density at radius 3 is 2.87 bits per heavy atom. The third-order valence-corrected chi connectivity index (χ3v) is 7.64. The molecule has 4 heterocycles. The van der Waals surface area contributed by atoms with Crippen molar-refractivity contribution < 1.29 is 13.9 Å². The number of fused-ring (bicyclic) bond motifs is 1. The van der Waals surface area contributed by atoms with E-state index in [1.54, 1.807) is 24.7 Å². The summed E-state index contributed by atoms with van der Waals surface area (Å²) in [5, 5.41) is 11.8. The number of rotatable bonds is 7. The molecule has 1 aliphatic heterocycles. The molecular weight excluding hydrogens is 482 g/mol. The number of pyridine rings is 1. The maximum atomic E-state index is 11.9. The van der Waals surface area contributed by atoms with Crippen LogP contribution in [-0.4, -0.2) is 63.9 Å². The minimum atomic E-state index is -0.374. The SMILES string of the molecule is COC(=O)c1cccc(-c2cnc(N[C@@H]3CCCC[C@H]3N[C@H]3CCCN(c4ccc5ncnn5c4)C3)o2)c1. The molecule has 3 aromatic heterocycles. The second-order valence-corrected chi connectivity index (χ2v) is 10.1.